The van der Waals surface area contributed by atoms with Crippen LogP contribution in [0.5, 0.6) is 0 Å². The molecule has 0 bridgehead atoms. The third-order valence-electron chi connectivity index (χ3n) is 9.10. The highest BCUT2D eigenvalue weighted by atomic mass is 16.7. The van der Waals surface area contributed by atoms with Crippen molar-refractivity contribution in [1.82, 2.24) is 0 Å². The van der Waals surface area contributed by atoms with Gasteiger partial charge in [-0.05, 0) is 38.5 Å². The summed E-state index contributed by atoms with van der Waals surface area (Å²) in [6.45, 7) is 4.46. The number of carbonyl (C=O) groups is 1. The normalized spacial score (nSPS) is 22.0. The maximum absolute atomic E-state index is 12.7. The molecule has 0 aromatic rings. The second-order valence-electron chi connectivity index (χ2n) is 13.7. The van der Waals surface area contributed by atoms with Gasteiger partial charge in [-0.25, -0.2) is 0 Å². The topological polar surface area (TPSA) is 135 Å². The number of ether oxygens (including phenoxy) is 4. The first-order valence-electron chi connectivity index (χ1n) is 19.9. The molecule has 9 heteroatoms. The van der Waals surface area contributed by atoms with Gasteiger partial charge in [0.05, 0.1) is 19.8 Å². The maximum Gasteiger partial charge on any atom is 0.306 e. The highest BCUT2D eigenvalue weighted by Crippen LogP contribution is 2.22. The highest BCUT2D eigenvalue weighted by Gasteiger charge is 2.44. The molecule has 1 rings (SSSR count). The van der Waals surface area contributed by atoms with Gasteiger partial charge in [0.1, 0.15) is 30.5 Å². The molecule has 9 nitrogen and oxygen atoms in total. The molecule has 0 saturated carbocycles. The van der Waals surface area contributed by atoms with E-state index in [1.54, 1.807) is 0 Å². The zero-order valence-electron chi connectivity index (χ0n) is 31.2. The first-order chi connectivity index (χ1) is 23.9. The molecule has 0 spiro atoms. The quantitative estimate of drug-likeness (QED) is 0.0307. The van der Waals surface area contributed by atoms with E-state index < -0.39 is 43.4 Å². The molecule has 288 valence electrons. The van der Waals surface area contributed by atoms with Gasteiger partial charge in [-0.1, -0.05) is 141 Å². The van der Waals surface area contributed by atoms with Crippen LogP contribution in [-0.2, 0) is 23.7 Å². The van der Waals surface area contributed by atoms with Gasteiger partial charge < -0.3 is 39.4 Å². The largest absolute Gasteiger partial charge is 0.457 e. The van der Waals surface area contributed by atoms with E-state index in [0.29, 0.717) is 13.0 Å². The number of hydrogen-bond donors (Lipinski definition) is 4. The lowest BCUT2D eigenvalue weighted by molar-refractivity contribution is -0.305. The van der Waals surface area contributed by atoms with Gasteiger partial charge in [-0.2, -0.15) is 0 Å². The van der Waals surface area contributed by atoms with E-state index >= 15 is 0 Å². The van der Waals surface area contributed by atoms with Crippen LogP contribution < -0.4 is 0 Å². The van der Waals surface area contributed by atoms with Gasteiger partial charge in [0.2, 0.25) is 0 Å². The summed E-state index contributed by atoms with van der Waals surface area (Å²) in [5.41, 5.74) is 0. The Morgan fingerprint density at radius 2 is 1.22 bits per heavy atom. The average molecular weight is 699 g/mol. The Labute approximate surface area is 298 Å². The molecule has 0 aliphatic carbocycles. The van der Waals surface area contributed by atoms with Crippen LogP contribution in [0.25, 0.3) is 0 Å². The minimum Gasteiger partial charge on any atom is -0.457 e. The van der Waals surface area contributed by atoms with Crippen molar-refractivity contribution >= 4 is 5.97 Å². The Morgan fingerprint density at radius 3 is 1.84 bits per heavy atom. The number of carbonyl (C=O) groups excluding carboxylic acids is 1. The van der Waals surface area contributed by atoms with Crippen LogP contribution in [0.3, 0.4) is 0 Å². The molecule has 1 fully saturated rings. The number of rotatable bonds is 33. The summed E-state index contributed by atoms with van der Waals surface area (Å²) >= 11 is 0. The molecule has 1 aliphatic rings. The van der Waals surface area contributed by atoms with Gasteiger partial charge >= 0.3 is 5.97 Å². The Hall–Kier alpha value is -1.33. The second-order valence-corrected chi connectivity index (χ2v) is 13.7. The van der Waals surface area contributed by atoms with E-state index in [2.05, 4.69) is 38.2 Å². The SMILES string of the molecule is CCC/C=C\C/C=C\CCCCCCCCOCC(COC1OC(CO)C(O)C(O)C1O)OC(=O)CCCCCCCCCCCCCC. The minimum atomic E-state index is -1.53. The predicted molar refractivity (Wildman–Crippen MR) is 196 cm³/mol. The molecule has 1 saturated heterocycles. The van der Waals surface area contributed by atoms with E-state index in [1.807, 2.05) is 0 Å². The van der Waals surface area contributed by atoms with E-state index in [-0.39, 0.29) is 19.2 Å². The number of allylic oxidation sites excluding steroid dienone is 4. The Kier molecular flexibility index (Phi) is 30.4. The third kappa shape index (κ3) is 24.5. The molecule has 1 aliphatic heterocycles. The van der Waals surface area contributed by atoms with Crippen LogP contribution in [-0.4, -0.2) is 89.6 Å². The van der Waals surface area contributed by atoms with Crippen molar-refractivity contribution in [2.45, 2.75) is 198 Å². The van der Waals surface area contributed by atoms with Crippen LogP contribution in [0.1, 0.15) is 162 Å². The Morgan fingerprint density at radius 1 is 0.653 bits per heavy atom. The zero-order valence-corrected chi connectivity index (χ0v) is 31.2. The molecule has 6 atom stereocenters. The molecular weight excluding hydrogens is 624 g/mol. The van der Waals surface area contributed by atoms with Crippen molar-refractivity contribution in [3.05, 3.63) is 24.3 Å². The van der Waals surface area contributed by atoms with E-state index in [0.717, 1.165) is 57.8 Å². The number of aliphatic hydroxyl groups is 4. The van der Waals surface area contributed by atoms with Crippen molar-refractivity contribution in [3.63, 3.8) is 0 Å². The first kappa shape index (κ1) is 45.7. The van der Waals surface area contributed by atoms with Crippen molar-refractivity contribution in [3.8, 4) is 0 Å². The molecule has 4 N–H and O–H groups in total. The molecule has 0 amide bonds. The molecule has 0 aromatic heterocycles. The Balaban J connectivity index is 2.32. The fourth-order valence-electron chi connectivity index (χ4n) is 5.94. The predicted octanol–water partition coefficient (Wildman–Crippen LogP) is 7.86. The summed E-state index contributed by atoms with van der Waals surface area (Å²) in [6, 6.07) is 0. The maximum atomic E-state index is 12.7. The first-order valence-corrected chi connectivity index (χ1v) is 19.9. The number of aliphatic hydroxyl groups excluding tert-OH is 4. The molecule has 49 heavy (non-hydrogen) atoms. The van der Waals surface area contributed by atoms with Crippen molar-refractivity contribution in [1.29, 1.82) is 0 Å². The summed E-state index contributed by atoms with van der Waals surface area (Å²) < 4.78 is 22.7. The minimum absolute atomic E-state index is 0.115. The number of hydrogen-bond acceptors (Lipinski definition) is 9. The Bertz CT molecular complexity index is 803. The van der Waals surface area contributed by atoms with Crippen LogP contribution in [0.4, 0.5) is 0 Å². The number of esters is 1. The van der Waals surface area contributed by atoms with Crippen LogP contribution in [0, 0.1) is 0 Å². The smallest absolute Gasteiger partial charge is 0.306 e. The molecule has 6 unspecified atom stereocenters. The monoisotopic (exact) mass is 699 g/mol. The van der Waals surface area contributed by atoms with Crippen molar-refractivity contribution in [2.24, 2.45) is 0 Å². The summed E-state index contributed by atoms with van der Waals surface area (Å²) in [5, 5.41) is 39.9. The summed E-state index contributed by atoms with van der Waals surface area (Å²) in [6.07, 6.45) is 27.7. The van der Waals surface area contributed by atoms with E-state index in [4.69, 9.17) is 18.9 Å². The average Bonchev–Trinajstić information content (AvgIpc) is 3.10. The number of unbranched alkanes of at least 4 members (excludes halogenated alkanes) is 18. The standard InChI is InChI=1S/C40H74O9/c1-3-5-7-9-11-13-15-17-18-20-22-24-26-28-30-46-32-34(33-47-40-39(45)38(44)37(43)35(31-41)49-40)48-36(42)29-27-25-23-21-19-16-14-12-10-8-6-4-2/h7,9,13,15,34-35,37-41,43-45H,3-6,8,10-12,14,16-33H2,1-2H3/b9-7-,15-13-. The van der Waals surface area contributed by atoms with Crippen LogP contribution in [0.2, 0.25) is 0 Å². The zero-order chi connectivity index (χ0) is 35.8. The van der Waals surface area contributed by atoms with E-state index in [1.165, 1.54) is 83.5 Å². The highest BCUT2D eigenvalue weighted by molar-refractivity contribution is 5.69. The van der Waals surface area contributed by atoms with Crippen LogP contribution >= 0.6 is 0 Å². The summed E-state index contributed by atoms with van der Waals surface area (Å²) in [5.74, 6) is -0.319. The van der Waals surface area contributed by atoms with Gasteiger partial charge in [-0.3, -0.25) is 4.79 Å². The lowest BCUT2D eigenvalue weighted by atomic mass is 9.99. The summed E-state index contributed by atoms with van der Waals surface area (Å²) in [4.78, 5) is 12.7. The van der Waals surface area contributed by atoms with Gasteiger partial charge in [0.25, 0.3) is 0 Å². The fourth-order valence-corrected chi connectivity index (χ4v) is 5.94. The van der Waals surface area contributed by atoms with Crippen LogP contribution in [0.15, 0.2) is 24.3 Å². The second kappa shape index (κ2) is 32.6. The third-order valence-corrected chi connectivity index (χ3v) is 9.10. The molecular formula is C40H74O9. The van der Waals surface area contributed by atoms with Crippen molar-refractivity contribution in [2.75, 3.05) is 26.4 Å². The fraction of sp³-hybridized carbons (Fsp3) is 0.875. The van der Waals surface area contributed by atoms with E-state index in [9.17, 15) is 25.2 Å². The molecule has 0 radical (unpaired) electrons. The lowest BCUT2D eigenvalue weighted by Gasteiger charge is -2.39. The van der Waals surface area contributed by atoms with Gasteiger partial charge in [-0.15, -0.1) is 0 Å². The molecule has 0 aromatic carbocycles. The van der Waals surface area contributed by atoms with Gasteiger partial charge in [0.15, 0.2) is 6.29 Å². The van der Waals surface area contributed by atoms with Crippen molar-refractivity contribution < 1.29 is 44.2 Å². The lowest BCUT2D eigenvalue weighted by Crippen LogP contribution is -2.59. The van der Waals surface area contributed by atoms with Gasteiger partial charge in [0, 0.05) is 13.0 Å². The molecule has 1 heterocycles. The summed E-state index contributed by atoms with van der Waals surface area (Å²) in [7, 11) is 0.